The first-order chi connectivity index (χ1) is 9.21. The van der Waals surface area contributed by atoms with Gasteiger partial charge in [0.2, 0.25) is 0 Å². The van der Waals surface area contributed by atoms with Crippen molar-refractivity contribution in [2.45, 2.75) is 96.2 Å². The zero-order valence-electron chi connectivity index (χ0n) is 13.2. The number of ether oxygens (including phenoxy) is 1. The first kappa shape index (κ1) is 15.3. The summed E-state index contributed by atoms with van der Waals surface area (Å²) in [6.45, 7) is 7.84. The molecule has 2 nitrogen and oxygen atoms in total. The Bertz CT molecular complexity index is 254. The maximum absolute atomic E-state index is 6.08. The molecule has 1 heterocycles. The number of rotatable bonds is 5. The van der Waals surface area contributed by atoms with Gasteiger partial charge in [0.05, 0.1) is 5.60 Å². The first-order valence-corrected chi connectivity index (χ1v) is 8.61. The van der Waals surface area contributed by atoms with Gasteiger partial charge in [-0.05, 0) is 57.3 Å². The van der Waals surface area contributed by atoms with Gasteiger partial charge >= 0.3 is 0 Å². The van der Waals surface area contributed by atoms with Crippen LogP contribution in [0.5, 0.6) is 0 Å². The monoisotopic (exact) mass is 267 g/mol. The Labute approximate surface area is 119 Å². The van der Waals surface area contributed by atoms with E-state index in [2.05, 4.69) is 26.1 Å². The maximum atomic E-state index is 6.08. The van der Waals surface area contributed by atoms with Crippen molar-refractivity contribution in [1.29, 1.82) is 0 Å². The molecule has 0 bridgehead atoms. The quantitative estimate of drug-likeness (QED) is 0.802. The van der Waals surface area contributed by atoms with E-state index < -0.39 is 0 Å². The van der Waals surface area contributed by atoms with Gasteiger partial charge in [0.15, 0.2) is 0 Å². The van der Waals surface area contributed by atoms with Crippen molar-refractivity contribution in [3.05, 3.63) is 0 Å². The third-order valence-corrected chi connectivity index (χ3v) is 5.68. The number of hydrogen-bond acceptors (Lipinski definition) is 2. The number of hydrogen-bond donors (Lipinski definition) is 1. The Morgan fingerprint density at radius 3 is 2.21 bits per heavy atom. The average molecular weight is 267 g/mol. The molecule has 19 heavy (non-hydrogen) atoms. The molecule has 1 aliphatic carbocycles. The summed E-state index contributed by atoms with van der Waals surface area (Å²) >= 11 is 0. The molecule has 0 aromatic heterocycles. The second-order valence-corrected chi connectivity index (χ2v) is 6.72. The summed E-state index contributed by atoms with van der Waals surface area (Å²) in [6, 6.07) is 1.47. The fourth-order valence-electron chi connectivity index (χ4n) is 3.98. The Morgan fingerprint density at radius 2 is 1.63 bits per heavy atom. The van der Waals surface area contributed by atoms with Crippen LogP contribution < -0.4 is 5.32 Å². The van der Waals surface area contributed by atoms with Crippen molar-refractivity contribution >= 4 is 0 Å². The minimum Gasteiger partial charge on any atom is -0.375 e. The molecule has 0 radical (unpaired) electrons. The predicted octanol–water partition coefficient (Wildman–Crippen LogP) is 4.28. The lowest BCUT2D eigenvalue weighted by atomic mass is 9.82. The van der Waals surface area contributed by atoms with E-state index >= 15 is 0 Å². The Kier molecular flexibility index (Phi) is 5.70. The molecule has 0 aromatic carbocycles. The fraction of sp³-hybridized carbons (Fsp3) is 1.00. The standard InChI is InChI=1S/C17H33NO/c1-4-14-7-9-15(10-8-14)18-16-11-12-19-17(5-2,6-3)13-16/h14-16,18H,4-13H2,1-3H3. The summed E-state index contributed by atoms with van der Waals surface area (Å²) in [5.74, 6) is 0.998. The number of nitrogens with one attached hydrogen (secondary N) is 1. The molecule has 0 aromatic rings. The second kappa shape index (κ2) is 7.08. The molecule has 1 unspecified atom stereocenters. The van der Waals surface area contributed by atoms with Gasteiger partial charge in [-0.25, -0.2) is 0 Å². The summed E-state index contributed by atoms with van der Waals surface area (Å²) in [6.07, 6.45) is 11.8. The van der Waals surface area contributed by atoms with Gasteiger partial charge in [-0.2, -0.15) is 0 Å². The Morgan fingerprint density at radius 1 is 0.947 bits per heavy atom. The van der Waals surface area contributed by atoms with E-state index in [-0.39, 0.29) is 5.60 Å². The maximum Gasteiger partial charge on any atom is 0.0692 e. The molecule has 2 aliphatic rings. The minimum atomic E-state index is 0.163. The minimum absolute atomic E-state index is 0.163. The third kappa shape index (κ3) is 3.95. The fourth-order valence-corrected chi connectivity index (χ4v) is 3.98. The van der Waals surface area contributed by atoms with Crippen LogP contribution in [0, 0.1) is 5.92 Å². The van der Waals surface area contributed by atoms with Crippen molar-refractivity contribution in [3.8, 4) is 0 Å². The highest BCUT2D eigenvalue weighted by atomic mass is 16.5. The van der Waals surface area contributed by atoms with Gasteiger partial charge in [0.1, 0.15) is 0 Å². The van der Waals surface area contributed by atoms with Crippen LogP contribution in [0.25, 0.3) is 0 Å². The summed E-state index contributed by atoms with van der Waals surface area (Å²) in [7, 11) is 0. The Balaban J connectivity index is 1.79. The smallest absolute Gasteiger partial charge is 0.0692 e. The average Bonchev–Trinajstić information content (AvgIpc) is 2.48. The third-order valence-electron chi connectivity index (χ3n) is 5.68. The molecule has 1 atom stereocenters. The highest BCUT2D eigenvalue weighted by Crippen LogP contribution is 2.33. The molecule has 0 spiro atoms. The van der Waals surface area contributed by atoms with Crippen LogP contribution in [0.3, 0.4) is 0 Å². The van der Waals surface area contributed by atoms with E-state index in [9.17, 15) is 0 Å². The molecule has 1 saturated heterocycles. The summed E-state index contributed by atoms with van der Waals surface area (Å²) in [4.78, 5) is 0. The van der Waals surface area contributed by atoms with E-state index in [0.717, 1.165) is 31.4 Å². The summed E-state index contributed by atoms with van der Waals surface area (Å²) in [5, 5.41) is 3.95. The van der Waals surface area contributed by atoms with E-state index in [1.807, 2.05) is 0 Å². The van der Waals surface area contributed by atoms with Gasteiger partial charge in [-0.15, -0.1) is 0 Å². The topological polar surface area (TPSA) is 21.3 Å². The van der Waals surface area contributed by atoms with Crippen LogP contribution >= 0.6 is 0 Å². The van der Waals surface area contributed by atoms with Gasteiger partial charge in [0.25, 0.3) is 0 Å². The molecule has 2 fully saturated rings. The molecular formula is C17H33NO. The largest absolute Gasteiger partial charge is 0.375 e. The highest BCUT2D eigenvalue weighted by molar-refractivity contribution is 4.90. The van der Waals surface area contributed by atoms with Crippen molar-refractivity contribution in [2.24, 2.45) is 5.92 Å². The van der Waals surface area contributed by atoms with Crippen LogP contribution in [0.1, 0.15) is 78.6 Å². The van der Waals surface area contributed by atoms with E-state index in [1.54, 1.807) is 0 Å². The SMILES string of the molecule is CCC1CCC(NC2CCOC(CC)(CC)C2)CC1. The molecule has 0 amide bonds. The molecule has 112 valence electrons. The zero-order valence-corrected chi connectivity index (χ0v) is 13.2. The van der Waals surface area contributed by atoms with E-state index in [0.29, 0.717) is 6.04 Å². The van der Waals surface area contributed by atoms with Crippen LogP contribution in [-0.4, -0.2) is 24.3 Å². The molecular weight excluding hydrogens is 234 g/mol. The lowest BCUT2D eigenvalue weighted by Gasteiger charge is -2.42. The molecule has 2 rings (SSSR count). The molecule has 2 heteroatoms. The van der Waals surface area contributed by atoms with Gasteiger partial charge < -0.3 is 10.1 Å². The predicted molar refractivity (Wildman–Crippen MR) is 81.5 cm³/mol. The molecule has 1 N–H and O–H groups in total. The zero-order chi connectivity index (χ0) is 13.7. The summed E-state index contributed by atoms with van der Waals surface area (Å²) in [5.41, 5.74) is 0.163. The summed E-state index contributed by atoms with van der Waals surface area (Å²) < 4.78 is 6.08. The van der Waals surface area contributed by atoms with Crippen LogP contribution in [0.4, 0.5) is 0 Å². The van der Waals surface area contributed by atoms with Crippen molar-refractivity contribution < 1.29 is 4.74 Å². The van der Waals surface area contributed by atoms with Gasteiger partial charge in [-0.1, -0.05) is 27.2 Å². The van der Waals surface area contributed by atoms with Gasteiger partial charge in [-0.3, -0.25) is 0 Å². The Hall–Kier alpha value is -0.0800. The van der Waals surface area contributed by atoms with Crippen molar-refractivity contribution in [3.63, 3.8) is 0 Å². The lowest BCUT2D eigenvalue weighted by molar-refractivity contribution is -0.0945. The molecule has 1 aliphatic heterocycles. The molecule has 1 saturated carbocycles. The lowest BCUT2D eigenvalue weighted by Crippen LogP contribution is -2.50. The van der Waals surface area contributed by atoms with Crippen molar-refractivity contribution in [1.82, 2.24) is 5.32 Å². The highest BCUT2D eigenvalue weighted by Gasteiger charge is 2.35. The van der Waals surface area contributed by atoms with Crippen LogP contribution in [0.2, 0.25) is 0 Å². The van der Waals surface area contributed by atoms with Crippen LogP contribution in [-0.2, 0) is 4.74 Å². The van der Waals surface area contributed by atoms with Gasteiger partial charge in [0, 0.05) is 18.7 Å². The van der Waals surface area contributed by atoms with E-state index in [4.69, 9.17) is 4.74 Å². The van der Waals surface area contributed by atoms with E-state index in [1.165, 1.54) is 44.9 Å². The first-order valence-electron chi connectivity index (χ1n) is 8.61. The van der Waals surface area contributed by atoms with Crippen molar-refractivity contribution in [2.75, 3.05) is 6.61 Å². The van der Waals surface area contributed by atoms with Crippen LogP contribution in [0.15, 0.2) is 0 Å². The normalized spacial score (nSPS) is 35.2. The second-order valence-electron chi connectivity index (χ2n) is 6.72.